The van der Waals surface area contributed by atoms with Gasteiger partial charge in [0.15, 0.2) is 0 Å². The van der Waals surface area contributed by atoms with Crippen LogP contribution in [0.2, 0.25) is 0 Å². The molecule has 0 aliphatic rings. The predicted molar refractivity (Wildman–Crippen MR) is 149 cm³/mol. The van der Waals surface area contributed by atoms with Crippen molar-refractivity contribution < 1.29 is 42.9 Å². The lowest BCUT2D eigenvalue weighted by Gasteiger charge is -2.24. The molecule has 2 amide bonds. The van der Waals surface area contributed by atoms with Crippen LogP contribution in [0.5, 0.6) is 0 Å². The molecule has 0 aliphatic heterocycles. The van der Waals surface area contributed by atoms with E-state index in [2.05, 4.69) is 10.6 Å². The third-order valence-corrected chi connectivity index (χ3v) is 8.31. The van der Waals surface area contributed by atoms with E-state index in [1.165, 1.54) is 20.8 Å². The molecule has 2 rings (SSSR count). The number of carbonyl (C=O) groups excluding carboxylic acids is 4. The SMILES string of the molecule is CC(OC(=O)C(C)C)=[O+]C(=O)N[C@@H](C)P(=O)(O)C[C@@H](Cc1ccc(-c2ccccc2)cc1)C(=O)N[C@@H](C)C(=O)O. The summed E-state index contributed by atoms with van der Waals surface area (Å²) in [5.41, 5.74) is 2.64. The maximum absolute atomic E-state index is 13.3. The Hall–Kier alpha value is -3.82. The molecular weight excluding hydrogens is 539 g/mol. The first-order valence-corrected chi connectivity index (χ1v) is 14.6. The third kappa shape index (κ3) is 10.1. The van der Waals surface area contributed by atoms with E-state index >= 15 is 0 Å². The first-order chi connectivity index (χ1) is 18.7. The average molecular weight is 576 g/mol. The minimum Gasteiger partial charge on any atom is -0.480 e. The van der Waals surface area contributed by atoms with Crippen molar-refractivity contribution in [2.45, 2.75) is 52.9 Å². The summed E-state index contributed by atoms with van der Waals surface area (Å²) in [6.07, 6.45) is -1.61. The maximum Gasteiger partial charge on any atom is 0.604 e. The number of carboxylic acid groups (broad SMARTS) is 1. The van der Waals surface area contributed by atoms with Crippen molar-refractivity contribution in [1.29, 1.82) is 0 Å². The summed E-state index contributed by atoms with van der Waals surface area (Å²) in [6, 6.07) is 15.7. The van der Waals surface area contributed by atoms with Gasteiger partial charge in [-0.05, 0) is 41.8 Å². The van der Waals surface area contributed by atoms with Crippen LogP contribution >= 0.6 is 7.37 Å². The molecule has 0 saturated heterocycles. The van der Waals surface area contributed by atoms with E-state index in [0.717, 1.165) is 11.1 Å². The van der Waals surface area contributed by atoms with E-state index in [4.69, 9.17) is 9.16 Å². The van der Waals surface area contributed by atoms with E-state index in [0.29, 0.717) is 5.56 Å². The van der Waals surface area contributed by atoms with E-state index < -0.39 is 61.1 Å². The Labute approximate surface area is 233 Å². The van der Waals surface area contributed by atoms with E-state index in [9.17, 15) is 33.7 Å². The summed E-state index contributed by atoms with van der Waals surface area (Å²) >= 11 is 0. The largest absolute Gasteiger partial charge is 0.604 e. The lowest BCUT2D eigenvalue weighted by Crippen LogP contribution is -2.44. The van der Waals surface area contributed by atoms with Crippen LogP contribution < -0.4 is 10.6 Å². The summed E-state index contributed by atoms with van der Waals surface area (Å²) in [6.45, 7) is 7.01. The molecule has 0 heterocycles. The van der Waals surface area contributed by atoms with Gasteiger partial charge in [-0.15, -0.1) is 0 Å². The molecule has 0 aliphatic carbocycles. The van der Waals surface area contributed by atoms with Crippen molar-refractivity contribution in [3.8, 4) is 11.1 Å². The van der Waals surface area contributed by atoms with Gasteiger partial charge in [0.05, 0.1) is 18.8 Å². The quantitative estimate of drug-likeness (QED) is 0.136. The predicted octanol–water partition coefficient (Wildman–Crippen LogP) is 3.71. The Kier molecular flexibility index (Phi) is 11.8. The zero-order valence-corrected chi connectivity index (χ0v) is 24.0. The highest BCUT2D eigenvalue weighted by atomic mass is 31.2. The van der Waals surface area contributed by atoms with Crippen LogP contribution in [-0.2, 0) is 34.5 Å². The number of hydrogen-bond acceptors (Lipinski definition) is 6. The van der Waals surface area contributed by atoms with Gasteiger partial charge >= 0.3 is 24.0 Å². The molecule has 0 fully saturated rings. The van der Waals surface area contributed by atoms with Crippen molar-refractivity contribution in [2.24, 2.45) is 11.8 Å². The van der Waals surface area contributed by atoms with Crippen LogP contribution in [0.4, 0.5) is 4.79 Å². The fourth-order valence-electron chi connectivity index (χ4n) is 3.57. The van der Waals surface area contributed by atoms with E-state index in [-0.39, 0.29) is 12.4 Å². The van der Waals surface area contributed by atoms with Crippen LogP contribution in [0, 0.1) is 11.8 Å². The van der Waals surface area contributed by atoms with Gasteiger partial charge < -0.3 is 15.3 Å². The maximum atomic E-state index is 13.3. The van der Waals surface area contributed by atoms with Gasteiger partial charge in [0.25, 0.3) is 0 Å². The Bertz CT molecular complexity index is 1280. The van der Waals surface area contributed by atoms with Crippen molar-refractivity contribution in [1.82, 2.24) is 10.6 Å². The number of carboxylic acids is 1. The number of rotatable bonds is 11. The second kappa shape index (κ2) is 14.5. The van der Waals surface area contributed by atoms with E-state index in [1.54, 1.807) is 26.0 Å². The molecule has 4 atom stereocenters. The molecule has 216 valence electrons. The lowest BCUT2D eigenvalue weighted by molar-refractivity contribution is -0.356. The topological polar surface area (TPSA) is 170 Å². The first kappa shape index (κ1) is 32.4. The number of nitrogens with one attached hydrogen (secondary N) is 2. The van der Waals surface area contributed by atoms with Crippen LogP contribution in [0.25, 0.3) is 11.1 Å². The van der Waals surface area contributed by atoms with E-state index in [1.807, 2.05) is 42.5 Å². The highest BCUT2D eigenvalue weighted by Gasteiger charge is 2.37. The Morgan fingerprint density at radius 3 is 2.05 bits per heavy atom. The molecule has 0 spiro atoms. The van der Waals surface area contributed by atoms with Crippen LogP contribution in [0.15, 0.2) is 54.6 Å². The van der Waals surface area contributed by atoms with Crippen LogP contribution in [0.1, 0.15) is 40.2 Å². The van der Waals surface area contributed by atoms with Crippen molar-refractivity contribution in [3.05, 3.63) is 60.2 Å². The second-order valence-electron chi connectivity index (χ2n) is 9.75. The van der Waals surface area contributed by atoms with Crippen molar-refractivity contribution in [2.75, 3.05) is 6.16 Å². The minimum absolute atomic E-state index is 0.0486. The van der Waals surface area contributed by atoms with Gasteiger partial charge in [0.1, 0.15) is 11.8 Å². The molecule has 4 N–H and O–H groups in total. The number of esters is 2. The fourth-order valence-corrected chi connectivity index (χ4v) is 5.12. The van der Waals surface area contributed by atoms with Gasteiger partial charge in [-0.3, -0.25) is 28.6 Å². The lowest BCUT2D eigenvalue weighted by atomic mass is 9.97. The summed E-state index contributed by atoms with van der Waals surface area (Å²) in [7, 11) is -4.23. The number of aliphatic carboxylic acids is 1. The molecule has 0 radical (unpaired) electrons. The summed E-state index contributed by atoms with van der Waals surface area (Å²) < 4.78 is 23.0. The number of ether oxygens (including phenoxy) is 1. The second-order valence-corrected chi connectivity index (χ2v) is 12.4. The van der Waals surface area contributed by atoms with Gasteiger partial charge in [-0.25, -0.2) is 4.79 Å². The molecular formula is C28H36N2O9P+. The monoisotopic (exact) mass is 575 g/mol. The molecule has 12 heteroatoms. The summed E-state index contributed by atoms with van der Waals surface area (Å²) in [5.74, 6) is -5.81. The number of amides is 2. The molecule has 11 nitrogen and oxygen atoms in total. The first-order valence-electron chi connectivity index (χ1n) is 12.7. The molecule has 0 aromatic heterocycles. The number of hydrogen-bond donors (Lipinski definition) is 4. The van der Waals surface area contributed by atoms with Gasteiger partial charge in [0, 0.05) is 6.16 Å². The van der Waals surface area contributed by atoms with Crippen LogP contribution in [0.3, 0.4) is 0 Å². The Balaban J connectivity index is 2.19. The highest BCUT2D eigenvalue weighted by Crippen LogP contribution is 2.47. The standard InChI is InChI=1S/C28H35N2O9P/c1-17(2)27(34)38-20(5)39-28(35)30-19(4)40(36,37)16-24(25(31)29-18(3)26(32)33)15-21-11-13-23(14-12-21)22-9-7-6-8-10-22/h6-14,17-19,24H,15-16H2,1-5H3,(H3-,29,30,31,32,33,35,36,37)/p+1/t18-,19+,24+/m0/s1. The third-order valence-electron chi connectivity index (χ3n) is 6.01. The van der Waals surface area contributed by atoms with Gasteiger partial charge in [0.2, 0.25) is 13.3 Å². The van der Waals surface area contributed by atoms with Gasteiger partial charge in [-0.1, -0.05) is 68.4 Å². The normalized spacial score (nSPS) is 15.3. The average Bonchev–Trinajstić information content (AvgIpc) is 2.88. The molecule has 40 heavy (non-hydrogen) atoms. The molecule has 2 aromatic rings. The van der Waals surface area contributed by atoms with Crippen LogP contribution in [-0.4, -0.2) is 57.9 Å². The Morgan fingerprint density at radius 2 is 1.50 bits per heavy atom. The zero-order valence-electron chi connectivity index (χ0n) is 23.1. The summed E-state index contributed by atoms with van der Waals surface area (Å²) in [5, 5.41) is 13.8. The number of carbonyl (C=O) groups is 4. The molecule has 1 unspecified atom stereocenters. The zero-order chi connectivity index (χ0) is 30.0. The highest BCUT2D eigenvalue weighted by molar-refractivity contribution is 7.58. The smallest absolute Gasteiger partial charge is 0.480 e. The number of benzene rings is 2. The Morgan fingerprint density at radius 1 is 0.925 bits per heavy atom. The molecule has 0 bridgehead atoms. The van der Waals surface area contributed by atoms with Gasteiger partial charge in [-0.2, -0.15) is 0 Å². The summed E-state index contributed by atoms with van der Waals surface area (Å²) in [4.78, 5) is 59.0. The fraction of sp³-hybridized carbons (Fsp3) is 0.393. The molecule has 2 aromatic carbocycles. The molecule has 0 saturated carbocycles. The van der Waals surface area contributed by atoms with Crippen molar-refractivity contribution >= 4 is 37.3 Å². The van der Waals surface area contributed by atoms with Crippen molar-refractivity contribution in [3.63, 3.8) is 0 Å². The minimum atomic E-state index is -4.23.